The smallest absolute Gasteiger partial charge is 0.313 e. The Morgan fingerprint density at radius 2 is 2.11 bits per heavy atom. The number of benzene rings is 1. The van der Waals surface area contributed by atoms with Gasteiger partial charge in [-0.25, -0.2) is 4.39 Å². The van der Waals surface area contributed by atoms with Gasteiger partial charge < -0.3 is 10.4 Å². The van der Waals surface area contributed by atoms with Crippen molar-refractivity contribution in [3.8, 4) is 0 Å². The van der Waals surface area contributed by atoms with Crippen LogP contribution < -0.4 is 5.32 Å². The van der Waals surface area contributed by atoms with Gasteiger partial charge in [-0.2, -0.15) is 0 Å². The molecule has 0 spiro atoms. The van der Waals surface area contributed by atoms with E-state index in [4.69, 9.17) is 5.11 Å². The Bertz CT molecular complexity index is 559. The molecule has 1 aromatic heterocycles. The van der Waals surface area contributed by atoms with Gasteiger partial charge in [0, 0.05) is 6.54 Å². The molecular formula is C11H10FN3O2S2. The lowest BCUT2D eigenvalue weighted by Crippen LogP contribution is -1.98. The van der Waals surface area contributed by atoms with Gasteiger partial charge in [-0.05, 0) is 17.7 Å². The number of nitrogens with zero attached hydrogens (tertiary/aromatic N) is 2. The van der Waals surface area contributed by atoms with Crippen LogP contribution in [0.2, 0.25) is 0 Å². The summed E-state index contributed by atoms with van der Waals surface area (Å²) in [5.41, 5.74) is 0.927. The number of rotatable bonds is 6. The fraction of sp³-hybridized carbons (Fsp3) is 0.182. The molecule has 8 heteroatoms. The number of hydrogen-bond acceptors (Lipinski definition) is 6. The van der Waals surface area contributed by atoms with Crippen molar-refractivity contribution in [2.45, 2.75) is 10.9 Å². The first kappa shape index (κ1) is 13.8. The molecule has 0 aliphatic carbocycles. The molecule has 5 nitrogen and oxygen atoms in total. The predicted octanol–water partition coefficient (Wildman–Crippen LogP) is 2.47. The maximum atomic E-state index is 12.7. The number of nitrogens with one attached hydrogen (secondary N) is 1. The Labute approximate surface area is 116 Å². The van der Waals surface area contributed by atoms with Gasteiger partial charge in [-0.1, -0.05) is 35.2 Å². The number of carboxylic acids is 1. The SMILES string of the molecule is O=C(O)CSc1nnc(NCc2ccc(F)cc2)s1. The monoisotopic (exact) mass is 299 g/mol. The van der Waals surface area contributed by atoms with Gasteiger partial charge in [0.1, 0.15) is 5.82 Å². The van der Waals surface area contributed by atoms with Gasteiger partial charge in [-0.15, -0.1) is 10.2 Å². The van der Waals surface area contributed by atoms with Gasteiger partial charge >= 0.3 is 5.97 Å². The van der Waals surface area contributed by atoms with Crippen LogP contribution in [-0.4, -0.2) is 27.0 Å². The minimum Gasteiger partial charge on any atom is -0.481 e. The van der Waals surface area contributed by atoms with E-state index in [0.29, 0.717) is 16.0 Å². The number of anilines is 1. The lowest BCUT2D eigenvalue weighted by molar-refractivity contribution is -0.133. The molecule has 0 saturated heterocycles. The van der Waals surface area contributed by atoms with Crippen LogP contribution in [0, 0.1) is 5.82 Å². The fourth-order valence-electron chi connectivity index (χ4n) is 1.24. The summed E-state index contributed by atoms with van der Waals surface area (Å²) < 4.78 is 13.3. The van der Waals surface area contributed by atoms with E-state index in [9.17, 15) is 9.18 Å². The Balaban J connectivity index is 1.86. The second-order valence-electron chi connectivity index (χ2n) is 3.54. The van der Waals surface area contributed by atoms with E-state index in [1.807, 2.05) is 0 Å². The molecule has 0 fully saturated rings. The molecule has 1 heterocycles. The van der Waals surface area contributed by atoms with Crippen molar-refractivity contribution in [2.24, 2.45) is 0 Å². The zero-order chi connectivity index (χ0) is 13.7. The van der Waals surface area contributed by atoms with Gasteiger partial charge in [0.2, 0.25) is 5.13 Å². The highest BCUT2D eigenvalue weighted by Crippen LogP contribution is 2.25. The number of carboxylic acid groups (broad SMARTS) is 1. The first-order valence-electron chi connectivity index (χ1n) is 5.30. The van der Waals surface area contributed by atoms with E-state index < -0.39 is 5.97 Å². The molecule has 0 atom stereocenters. The summed E-state index contributed by atoms with van der Waals surface area (Å²) in [4.78, 5) is 10.4. The number of thioether (sulfide) groups is 1. The summed E-state index contributed by atoms with van der Waals surface area (Å²) in [6.07, 6.45) is 0. The lowest BCUT2D eigenvalue weighted by Gasteiger charge is -2.01. The van der Waals surface area contributed by atoms with Crippen LogP contribution in [0.4, 0.5) is 9.52 Å². The van der Waals surface area contributed by atoms with Crippen molar-refractivity contribution < 1.29 is 14.3 Å². The van der Waals surface area contributed by atoms with Crippen LogP contribution in [0.3, 0.4) is 0 Å². The largest absolute Gasteiger partial charge is 0.481 e. The molecule has 0 unspecified atom stereocenters. The molecule has 100 valence electrons. The average Bonchev–Trinajstić information content (AvgIpc) is 2.84. The molecule has 2 N–H and O–H groups in total. The zero-order valence-electron chi connectivity index (χ0n) is 9.67. The molecule has 19 heavy (non-hydrogen) atoms. The van der Waals surface area contributed by atoms with Crippen molar-refractivity contribution in [3.05, 3.63) is 35.6 Å². The second kappa shape index (κ2) is 6.48. The summed E-state index contributed by atoms with van der Waals surface area (Å²) in [6.45, 7) is 0.512. The van der Waals surface area contributed by atoms with Crippen molar-refractivity contribution >= 4 is 34.2 Å². The minimum atomic E-state index is -0.888. The summed E-state index contributed by atoms with van der Waals surface area (Å²) in [5, 5.41) is 20.0. The highest BCUT2D eigenvalue weighted by molar-refractivity contribution is 8.01. The normalized spacial score (nSPS) is 10.4. The van der Waals surface area contributed by atoms with E-state index in [1.54, 1.807) is 12.1 Å². The number of aromatic nitrogens is 2. The van der Waals surface area contributed by atoms with Crippen LogP contribution in [0.1, 0.15) is 5.56 Å². The quantitative estimate of drug-likeness (QED) is 0.798. The van der Waals surface area contributed by atoms with Crippen molar-refractivity contribution in [1.29, 1.82) is 0 Å². The van der Waals surface area contributed by atoms with Gasteiger partial charge in [0.25, 0.3) is 0 Å². The summed E-state index contributed by atoms with van der Waals surface area (Å²) in [6, 6.07) is 6.16. The van der Waals surface area contributed by atoms with Crippen LogP contribution in [0.25, 0.3) is 0 Å². The second-order valence-corrected chi connectivity index (χ2v) is 5.74. The molecule has 0 aliphatic heterocycles. The van der Waals surface area contributed by atoms with E-state index in [2.05, 4.69) is 15.5 Å². The van der Waals surface area contributed by atoms with Crippen molar-refractivity contribution in [2.75, 3.05) is 11.1 Å². The van der Waals surface area contributed by atoms with Crippen LogP contribution in [-0.2, 0) is 11.3 Å². The number of carbonyl (C=O) groups is 1. The third-order valence-electron chi connectivity index (χ3n) is 2.08. The van der Waals surface area contributed by atoms with Crippen LogP contribution in [0.5, 0.6) is 0 Å². The summed E-state index contributed by atoms with van der Waals surface area (Å²) >= 11 is 2.42. The summed E-state index contributed by atoms with van der Waals surface area (Å²) in [5.74, 6) is -1.19. The molecule has 0 bridgehead atoms. The standard InChI is InChI=1S/C11H10FN3O2S2/c12-8-3-1-7(2-4-8)5-13-10-14-15-11(19-10)18-6-9(16)17/h1-4H,5-6H2,(H,13,14)(H,16,17). The third kappa shape index (κ3) is 4.49. The molecule has 2 rings (SSSR count). The number of hydrogen-bond donors (Lipinski definition) is 2. The average molecular weight is 299 g/mol. The van der Waals surface area contributed by atoms with Gasteiger partial charge in [0.15, 0.2) is 4.34 Å². The molecule has 0 amide bonds. The predicted molar refractivity (Wildman–Crippen MR) is 72.0 cm³/mol. The summed E-state index contributed by atoms with van der Waals surface area (Å²) in [7, 11) is 0. The fourth-order valence-corrected chi connectivity index (χ4v) is 2.71. The molecule has 0 aliphatic rings. The Morgan fingerprint density at radius 3 is 2.79 bits per heavy atom. The minimum absolute atomic E-state index is 0.0351. The van der Waals surface area contributed by atoms with Crippen LogP contribution in [0.15, 0.2) is 28.6 Å². The molecule has 0 radical (unpaired) electrons. The first-order valence-corrected chi connectivity index (χ1v) is 7.10. The third-order valence-corrected chi connectivity index (χ3v) is 4.08. The topological polar surface area (TPSA) is 75.1 Å². The van der Waals surface area contributed by atoms with E-state index in [1.165, 1.54) is 23.5 Å². The maximum absolute atomic E-state index is 12.7. The molecule has 0 saturated carbocycles. The molecule has 1 aromatic carbocycles. The van der Waals surface area contributed by atoms with E-state index >= 15 is 0 Å². The molecular weight excluding hydrogens is 289 g/mol. The highest BCUT2D eigenvalue weighted by atomic mass is 32.2. The Kier molecular flexibility index (Phi) is 4.69. The van der Waals surface area contributed by atoms with Gasteiger partial charge in [0.05, 0.1) is 5.75 Å². The van der Waals surface area contributed by atoms with E-state index in [0.717, 1.165) is 17.3 Å². The van der Waals surface area contributed by atoms with Crippen molar-refractivity contribution in [1.82, 2.24) is 10.2 Å². The lowest BCUT2D eigenvalue weighted by atomic mass is 10.2. The van der Waals surface area contributed by atoms with Crippen LogP contribution >= 0.6 is 23.1 Å². The number of aliphatic carboxylic acids is 1. The van der Waals surface area contributed by atoms with Gasteiger partial charge in [-0.3, -0.25) is 4.79 Å². The Morgan fingerprint density at radius 1 is 1.37 bits per heavy atom. The van der Waals surface area contributed by atoms with E-state index in [-0.39, 0.29) is 11.6 Å². The first-order chi connectivity index (χ1) is 9.13. The number of halogens is 1. The molecule has 2 aromatic rings. The zero-order valence-corrected chi connectivity index (χ0v) is 11.3. The maximum Gasteiger partial charge on any atom is 0.313 e. The Hall–Kier alpha value is -1.67. The van der Waals surface area contributed by atoms with Crippen molar-refractivity contribution in [3.63, 3.8) is 0 Å². The highest BCUT2D eigenvalue weighted by Gasteiger charge is 2.06.